The minimum atomic E-state index is -0.260. The highest BCUT2D eigenvalue weighted by Crippen LogP contribution is 2.15. The fraction of sp³-hybridized carbons (Fsp3) is 0. The summed E-state index contributed by atoms with van der Waals surface area (Å²) < 4.78 is 0. The molecule has 0 saturated heterocycles. The van der Waals surface area contributed by atoms with Crippen molar-refractivity contribution < 1.29 is 9.59 Å². The lowest BCUT2D eigenvalue weighted by atomic mass is 10.1. The normalized spacial score (nSPS) is 10.1. The highest BCUT2D eigenvalue weighted by atomic mass is 35.5. The van der Waals surface area contributed by atoms with Crippen molar-refractivity contribution in [1.29, 1.82) is 0 Å². The maximum atomic E-state index is 12.2. The number of hydrogen-bond acceptors (Lipinski definition) is 2. The van der Waals surface area contributed by atoms with E-state index in [1.807, 2.05) is 30.3 Å². The average Bonchev–Trinajstić information content (AvgIpc) is 2.63. The Labute approximate surface area is 150 Å². The Kier molecular flexibility index (Phi) is 5.11. The first-order valence-electron chi connectivity index (χ1n) is 7.65. The lowest BCUT2D eigenvalue weighted by molar-refractivity contribution is 0.102. The van der Waals surface area contributed by atoms with Crippen molar-refractivity contribution in [2.75, 3.05) is 10.6 Å². The number of halogens is 1. The number of anilines is 2. The summed E-state index contributed by atoms with van der Waals surface area (Å²) in [6.45, 7) is 0. The maximum Gasteiger partial charge on any atom is 0.255 e. The molecule has 0 heterocycles. The lowest BCUT2D eigenvalue weighted by Crippen LogP contribution is -2.13. The molecule has 0 aliphatic rings. The first kappa shape index (κ1) is 16.7. The van der Waals surface area contributed by atoms with Gasteiger partial charge in [0.15, 0.2) is 0 Å². The Morgan fingerprint density at radius 3 is 1.88 bits per heavy atom. The molecule has 3 rings (SSSR count). The topological polar surface area (TPSA) is 58.2 Å². The van der Waals surface area contributed by atoms with Crippen LogP contribution in [0.4, 0.5) is 11.4 Å². The Balaban J connectivity index is 1.66. The molecule has 0 aromatic heterocycles. The molecule has 0 radical (unpaired) electrons. The van der Waals surface area contributed by atoms with Crippen molar-refractivity contribution in [3.05, 3.63) is 95.0 Å². The summed E-state index contributed by atoms with van der Waals surface area (Å²) in [6.07, 6.45) is 0. The first-order chi connectivity index (χ1) is 12.1. The summed E-state index contributed by atoms with van der Waals surface area (Å²) in [5.41, 5.74) is 2.30. The predicted octanol–water partition coefficient (Wildman–Crippen LogP) is 4.84. The van der Waals surface area contributed by atoms with E-state index in [2.05, 4.69) is 10.6 Å². The Bertz CT molecular complexity index is 893. The maximum absolute atomic E-state index is 12.2. The smallest absolute Gasteiger partial charge is 0.255 e. The molecule has 25 heavy (non-hydrogen) atoms. The van der Waals surface area contributed by atoms with Gasteiger partial charge in [-0.3, -0.25) is 9.59 Å². The molecule has 2 N–H and O–H groups in total. The quantitative estimate of drug-likeness (QED) is 0.707. The molecule has 0 unspecified atom stereocenters. The largest absolute Gasteiger partial charge is 0.322 e. The second-order valence-electron chi connectivity index (χ2n) is 5.36. The van der Waals surface area contributed by atoms with Crippen LogP contribution < -0.4 is 10.6 Å². The Hall–Kier alpha value is -3.11. The summed E-state index contributed by atoms with van der Waals surface area (Å²) in [5, 5.41) is 6.08. The molecule has 0 fully saturated rings. The fourth-order valence-corrected chi connectivity index (χ4v) is 2.45. The third-order valence-electron chi connectivity index (χ3n) is 3.52. The summed E-state index contributed by atoms with van der Waals surface area (Å²) in [4.78, 5) is 24.4. The molecule has 2 amide bonds. The molecule has 0 bridgehead atoms. The molecule has 3 aromatic rings. The minimum Gasteiger partial charge on any atom is -0.322 e. The van der Waals surface area contributed by atoms with Gasteiger partial charge in [0.05, 0.1) is 0 Å². The van der Waals surface area contributed by atoms with Gasteiger partial charge in [-0.15, -0.1) is 0 Å². The molecule has 0 atom stereocenters. The van der Waals surface area contributed by atoms with Crippen molar-refractivity contribution in [2.45, 2.75) is 0 Å². The molecule has 124 valence electrons. The second kappa shape index (κ2) is 7.64. The summed E-state index contributed by atoms with van der Waals surface area (Å²) in [6, 6.07) is 22.6. The number of hydrogen-bond donors (Lipinski definition) is 2. The molecular formula is C20H15ClN2O2. The molecule has 4 nitrogen and oxygen atoms in total. The number of carbonyl (C=O) groups is 2. The van der Waals surface area contributed by atoms with E-state index in [1.54, 1.807) is 48.5 Å². The van der Waals surface area contributed by atoms with Crippen LogP contribution in [-0.4, -0.2) is 11.8 Å². The monoisotopic (exact) mass is 350 g/mol. The number of amides is 2. The zero-order valence-corrected chi connectivity index (χ0v) is 14.0. The van der Waals surface area contributed by atoms with Gasteiger partial charge < -0.3 is 10.6 Å². The van der Waals surface area contributed by atoms with Gasteiger partial charge in [-0.1, -0.05) is 35.9 Å². The Morgan fingerprint density at radius 1 is 0.640 bits per heavy atom. The van der Waals surface area contributed by atoms with Gasteiger partial charge in [-0.05, 0) is 54.6 Å². The van der Waals surface area contributed by atoms with E-state index in [1.165, 1.54) is 0 Å². The van der Waals surface area contributed by atoms with Crippen LogP contribution in [-0.2, 0) is 0 Å². The van der Waals surface area contributed by atoms with Crippen molar-refractivity contribution >= 4 is 34.8 Å². The van der Waals surface area contributed by atoms with Gasteiger partial charge in [0.1, 0.15) is 0 Å². The van der Waals surface area contributed by atoms with Gasteiger partial charge in [0.2, 0.25) is 0 Å². The molecule has 3 aromatic carbocycles. The molecular weight excluding hydrogens is 336 g/mol. The van der Waals surface area contributed by atoms with E-state index in [0.717, 1.165) is 5.69 Å². The van der Waals surface area contributed by atoms with Crippen LogP contribution >= 0.6 is 11.6 Å². The van der Waals surface area contributed by atoms with Crippen molar-refractivity contribution in [1.82, 2.24) is 0 Å². The number of carbonyl (C=O) groups excluding carboxylic acids is 2. The van der Waals surface area contributed by atoms with E-state index in [-0.39, 0.29) is 11.8 Å². The first-order valence-corrected chi connectivity index (χ1v) is 8.03. The SMILES string of the molecule is O=C(Nc1ccccc1)c1ccc(NC(=O)c2cccc(Cl)c2)cc1. The molecule has 0 aliphatic carbocycles. The number of rotatable bonds is 4. The van der Waals surface area contributed by atoms with Crippen molar-refractivity contribution in [2.24, 2.45) is 0 Å². The summed E-state index contributed by atoms with van der Waals surface area (Å²) in [7, 11) is 0. The highest BCUT2D eigenvalue weighted by Gasteiger charge is 2.09. The van der Waals surface area contributed by atoms with Gasteiger partial charge in [-0.2, -0.15) is 0 Å². The van der Waals surface area contributed by atoms with Crippen LogP contribution in [0.3, 0.4) is 0 Å². The van der Waals surface area contributed by atoms with Crippen LogP contribution in [0.2, 0.25) is 5.02 Å². The van der Waals surface area contributed by atoms with Crippen LogP contribution in [0.25, 0.3) is 0 Å². The molecule has 0 saturated carbocycles. The van der Waals surface area contributed by atoms with Crippen molar-refractivity contribution in [3.63, 3.8) is 0 Å². The van der Waals surface area contributed by atoms with Gasteiger partial charge >= 0.3 is 0 Å². The second-order valence-corrected chi connectivity index (χ2v) is 5.80. The van der Waals surface area contributed by atoms with E-state index >= 15 is 0 Å². The van der Waals surface area contributed by atoms with Crippen LogP contribution in [0, 0.1) is 0 Å². The van der Waals surface area contributed by atoms with Gasteiger partial charge in [-0.25, -0.2) is 0 Å². The van der Waals surface area contributed by atoms with Gasteiger partial charge in [0, 0.05) is 27.5 Å². The molecule has 5 heteroatoms. The van der Waals surface area contributed by atoms with E-state index in [9.17, 15) is 9.59 Å². The Morgan fingerprint density at radius 2 is 1.24 bits per heavy atom. The van der Waals surface area contributed by atoms with Gasteiger partial charge in [0.25, 0.3) is 11.8 Å². The summed E-state index contributed by atoms with van der Waals surface area (Å²) in [5.74, 6) is -0.470. The lowest BCUT2D eigenvalue weighted by Gasteiger charge is -2.08. The standard InChI is InChI=1S/C20H15ClN2O2/c21-16-6-4-5-15(13-16)20(25)23-18-11-9-14(10-12-18)19(24)22-17-7-2-1-3-8-17/h1-13H,(H,22,24)(H,23,25). The predicted molar refractivity (Wildman–Crippen MR) is 100 cm³/mol. The molecule has 0 aliphatic heterocycles. The van der Waals surface area contributed by atoms with E-state index in [4.69, 9.17) is 11.6 Å². The van der Waals surface area contributed by atoms with Crippen LogP contribution in [0.15, 0.2) is 78.9 Å². The fourth-order valence-electron chi connectivity index (χ4n) is 2.26. The zero-order chi connectivity index (χ0) is 17.6. The van der Waals surface area contributed by atoms with Crippen molar-refractivity contribution in [3.8, 4) is 0 Å². The zero-order valence-electron chi connectivity index (χ0n) is 13.2. The number of nitrogens with one attached hydrogen (secondary N) is 2. The van der Waals surface area contributed by atoms with Crippen LogP contribution in [0.1, 0.15) is 20.7 Å². The van der Waals surface area contributed by atoms with E-state index < -0.39 is 0 Å². The minimum absolute atomic E-state index is 0.209. The molecule has 0 spiro atoms. The highest BCUT2D eigenvalue weighted by molar-refractivity contribution is 6.31. The number of benzene rings is 3. The van der Waals surface area contributed by atoms with Crippen LogP contribution in [0.5, 0.6) is 0 Å². The average molecular weight is 351 g/mol. The van der Waals surface area contributed by atoms with E-state index in [0.29, 0.717) is 21.8 Å². The number of para-hydroxylation sites is 1. The third kappa shape index (κ3) is 4.46. The summed E-state index contributed by atoms with van der Waals surface area (Å²) >= 11 is 5.89. The third-order valence-corrected chi connectivity index (χ3v) is 3.76.